The minimum atomic E-state index is -0.355. The number of aliphatic hydroxyl groups is 1. The molecule has 154 valence electrons. The van der Waals surface area contributed by atoms with Crippen molar-refractivity contribution in [3.63, 3.8) is 0 Å². The van der Waals surface area contributed by atoms with Gasteiger partial charge in [-0.2, -0.15) is 0 Å². The number of aliphatic hydroxyl groups excluding tert-OH is 1. The smallest absolute Gasteiger partial charge is 0.330 e. The van der Waals surface area contributed by atoms with E-state index in [2.05, 4.69) is 21.8 Å². The summed E-state index contributed by atoms with van der Waals surface area (Å²) in [5, 5.41) is 9.56. The van der Waals surface area contributed by atoms with Gasteiger partial charge in [-0.3, -0.25) is 4.90 Å². The van der Waals surface area contributed by atoms with Crippen LogP contribution in [0.25, 0.3) is 6.08 Å². The summed E-state index contributed by atoms with van der Waals surface area (Å²) in [7, 11) is 1.37. The molecule has 0 radical (unpaired) electrons. The zero-order chi connectivity index (χ0) is 20.6. The van der Waals surface area contributed by atoms with E-state index < -0.39 is 0 Å². The number of benzene rings is 2. The van der Waals surface area contributed by atoms with Crippen molar-refractivity contribution in [2.24, 2.45) is 0 Å². The van der Waals surface area contributed by atoms with E-state index in [4.69, 9.17) is 4.74 Å². The average Bonchev–Trinajstić information content (AvgIpc) is 3.15. The molecular weight excluding hydrogens is 366 g/mol. The van der Waals surface area contributed by atoms with Crippen LogP contribution in [0, 0.1) is 6.92 Å². The lowest BCUT2D eigenvalue weighted by Crippen LogP contribution is -2.34. The number of nitrogens with zero attached hydrogens (tertiary/aromatic N) is 1. The van der Waals surface area contributed by atoms with Gasteiger partial charge in [0.05, 0.1) is 13.7 Å². The molecule has 29 heavy (non-hydrogen) atoms. The number of para-hydroxylation sites is 1. The molecule has 5 nitrogen and oxygen atoms in total. The van der Waals surface area contributed by atoms with Gasteiger partial charge in [0.1, 0.15) is 12.4 Å². The van der Waals surface area contributed by atoms with Crippen molar-refractivity contribution in [1.29, 1.82) is 0 Å². The molecule has 0 saturated carbocycles. The van der Waals surface area contributed by atoms with E-state index in [0.29, 0.717) is 13.2 Å². The van der Waals surface area contributed by atoms with Gasteiger partial charge in [0.25, 0.3) is 0 Å². The molecule has 0 spiro atoms. The highest BCUT2D eigenvalue weighted by molar-refractivity contribution is 5.86. The van der Waals surface area contributed by atoms with Gasteiger partial charge in [-0.1, -0.05) is 36.4 Å². The van der Waals surface area contributed by atoms with Gasteiger partial charge in [0, 0.05) is 25.2 Å². The van der Waals surface area contributed by atoms with E-state index >= 15 is 0 Å². The van der Waals surface area contributed by atoms with E-state index in [0.717, 1.165) is 36.3 Å². The summed E-state index contributed by atoms with van der Waals surface area (Å²) < 4.78 is 10.6. The van der Waals surface area contributed by atoms with Gasteiger partial charge in [0.15, 0.2) is 0 Å². The highest BCUT2D eigenvalue weighted by Gasteiger charge is 2.27. The first kappa shape index (κ1) is 21.1. The van der Waals surface area contributed by atoms with E-state index in [1.165, 1.54) is 24.3 Å². The molecule has 1 atom stereocenters. The molecule has 0 bridgehead atoms. The quantitative estimate of drug-likeness (QED) is 0.520. The van der Waals surface area contributed by atoms with Gasteiger partial charge in [-0.15, -0.1) is 0 Å². The fraction of sp³-hybridized carbons (Fsp3) is 0.375. The largest absolute Gasteiger partial charge is 0.492 e. The summed E-state index contributed by atoms with van der Waals surface area (Å²) in [6, 6.07) is 14.6. The second-order valence-corrected chi connectivity index (χ2v) is 7.24. The van der Waals surface area contributed by atoms with Crippen molar-refractivity contribution in [2.75, 3.05) is 33.4 Å². The van der Waals surface area contributed by atoms with E-state index in [1.807, 2.05) is 37.3 Å². The molecule has 1 N–H and O–H groups in total. The third kappa shape index (κ3) is 5.46. The lowest BCUT2D eigenvalue weighted by atomic mass is 10.0. The minimum Gasteiger partial charge on any atom is -0.492 e. The number of methoxy groups -OCH3 is 1. The van der Waals surface area contributed by atoms with Crippen molar-refractivity contribution < 1.29 is 19.4 Å². The van der Waals surface area contributed by atoms with Crippen LogP contribution in [-0.4, -0.2) is 49.4 Å². The van der Waals surface area contributed by atoms with Crippen LogP contribution >= 0.6 is 0 Å². The number of esters is 1. The summed E-state index contributed by atoms with van der Waals surface area (Å²) in [6.45, 7) is 4.11. The Balaban J connectivity index is 1.66. The third-order valence-electron chi connectivity index (χ3n) is 5.38. The summed E-state index contributed by atoms with van der Waals surface area (Å²) >= 11 is 0. The Morgan fingerprint density at radius 3 is 2.83 bits per heavy atom. The Bertz CT molecular complexity index is 862. The molecule has 0 heterocycles. The zero-order valence-corrected chi connectivity index (χ0v) is 17.1. The predicted octanol–water partition coefficient (Wildman–Crippen LogP) is 3.54. The van der Waals surface area contributed by atoms with Crippen molar-refractivity contribution >= 4 is 12.0 Å². The summed E-state index contributed by atoms with van der Waals surface area (Å²) in [5.41, 5.74) is 4.71. The number of hydrogen-bond donors (Lipinski definition) is 1. The monoisotopic (exact) mass is 395 g/mol. The molecular formula is C24H29NO4. The highest BCUT2D eigenvalue weighted by atomic mass is 16.5. The molecule has 0 aromatic heterocycles. The molecule has 0 amide bonds. The maximum atomic E-state index is 11.3. The highest BCUT2D eigenvalue weighted by Crippen LogP contribution is 2.36. The molecule has 2 aromatic rings. The molecule has 1 aliphatic rings. The number of hydrogen-bond acceptors (Lipinski definition) is 5. The standard InChI is InChI=1S/C24H29NO4/c1-18-5-3-4-6-23(18)29-16-14-25(13-15-26)22-11-9-20-17-19(7-10-21(20)22)8-12-24(27)28-2/h3-8,10,12,17,22,26H,9,11,13-16H2,1-2H3. The minimum absolute atomic E-state index is 0.121. The van der Waals surface area contributed by atoms with Crippen molar-refractivity contribution in [1.82, 2.24) is 4.90 Å². The van der Waals surface area contributed by atoms with Crippen LogP contribution < -0.4 is 4.74 Å². The number of rotatable bonds is 9. The van der Waals surface area contributed by atoms with Crippen molar-refractivity contribution in [3.05, 3.63) is 70.8 Å². The fourth-order valence-corrected chi connectivity index (χ4v) is 3.87. The maximum absolute atomic E-state index is 11.3. The number of fused-ring (bicyclic) bond motifs is 1. The topological polar surface area (TPSA) is 59.0 Å². The second-order valence-electron chi connectivity index (χ2n) is 7.24. The van der Waals surface area contributed by atoms with Crippen LogP contribution in [-0.2, 0) is 16.0 Å². The molecule has 5 heteroatoms. The SMILES string of the molecule is COC(=O)C=Cc1ccc2c(c1)CCC2N(CCO)CCOc1ccccc1C. The molecule has 0 fully saturated rings. The Hall–Kier alpha value is -2.63. The molecule has 3 rings (SSSR count). The molecule has 0 aliphatic heterocycles. The predicted molar refractivity (Wildman–Crippen MR) is 114 cm³/mol. The van der Waals surface area contributed by atoms with Crippen LogP contribution in [0.1, 0.15) is 34.7 Å². The van der Waals surface area contributed by atoms with Gasteiger partial charge in [-0.05, 0) is 54.2 Å². The van der Waals surface area contributed by atoms with Crippen LogP contribution in [0.2, 0.25) is 0 Å². The number of carbonyl (C=O) groups is 1. The summed E-state index contributed by atoms with van der Waals surface area (Å²) in [6.07, 6.45) is 5.22. The van der Waals surface area contributed by atoms with Gasteiger partial charge in [0.2, 0.25) is 0 Å². The molecule has 1 aliphatic carbocycles. The summed E-state index contributed by atoms with van der Waals surface area (Å²) in [4.78, 5) is 13.6. The maximum Gasteiger partial charge on any atom is 0.330 e. The number of aryl methyl sites for hydroxylation is 2. The second kappa shape index (κ2) is 10.2. The Morgan fingerprint density at radius 2 is 2.07 bits per heavy atom. The first-order valence-corrected chi connectivity index (χ1v) is 10.0. The number of ether oxygens (including phenoxy) is 2. The van der Waals surface area contributed by atoms with Crippen LogP contribution in [0.4, 0.5) is 0 Å². The van der Waals surface area contributed by atoms with Crippen LogP contribution in [0.3, 0.4) is 0 Å². The first-order chi connectivity index (χ1) is 14.1. The van der Waals surface area contributed by atoms with Crippen molar-refractivity contribution in [2.45, 2.75) is 25.8 Å². The van der Waals surface area contributed by atoms with E-state index in [9.17, 15) is 9.90 Å². The van der Waals surface area contributed by atoms with E-state index in [-0.39, 0.29) is 18.6 Å². The average molecular weight is 395 g/mol. The van der Waals surface area contributed by atoms with Crippen LogP contribution in [0.5, 0.6) is 5.75 Å². The first-order valence-electron chi connectivity index (χ1n) is 10.0. The van der Waals surface area contributed by atoms with Gasteiger partial charge >= 0.3 is 5.97 Å². The lowest BCUT2D eigenvalue weighted by Gasteiger charge is -2.29. The zero-order valence-electron chi connectivity index (χ0n) is 17.1. The Kier molecular flexibility index (Phi) is 7.44. The molecule has 0 saturated heterocycles. The molecule has 1 unspecified atom stereocenters. The van der Waals surface area contributed by atoms with Gasteiger partial charge < -0.3 is 14.6 Å². The van der Waals surface area contributed by atoms with Crippen molar-refractivity contribution in [3.8, 4) is 5.75 Å². The normalized spacial score (nSPS) is 15.7. The van der Waals surface area contributed by atoms with Gasteiger partial charge in [-0.25, -0.2) is 4.79 Å². The number of carbonyl (C=O) groups excluding carboxylic acids is 1. The third-order valence-corrected chi connectivity index (χ3v) is 5.38. The lowest BCUT2D eigenvalue weighted by molar-refractivity contribution is -0.134. The van der Waals surface area contributed by atoms with E-state index in [1.54, 1.807) is 6.08 Å². The fourth-order valence-electron chi connectivity index (χ4n) is 3.87. The molecule has 2 aromatic carbocycles. The summed E-state index contributed by atoms with van der Waals surface area (Å²) in [5.74, 6) is 0.552. The Morgan fingerprint density at radius 1 is 1.24 bits per heavy atom. The van der Waals surface area contributed by atoms with Crippen LogP contribution in [0.15, 0.2) is 48.5 Å². The Labute approximate surface area is 172 Å².